The summed E-state index contributed by atoms with van der Waals surface area (Å²) in [6.07, 6.45) is -1.47. The zero-order valence-electron chi connectivity index (χ0n) is 8.53. The van der Waals surface area contributed by atoms with Crippen LogP contribution in [0.5, 0.6) is 0 Å². The van der Waals surface area contributed by atoms with Crippen molar-refractivity contribution in [2.45, 2.75) is 32.9 Å². The number of amides is 1. The Morgan fingerprint density at radius 3 is 2.21 bits per heavy atom. The van der Waals surface area contributed by atoms with Crippen molar-refractivity contribution in [3.05, 3.63) is 12.2 Å². The van der Waals surface area contributed by atoms with Crippen LogP contribution in [0, 0.1) is 0 Å². The number of aliphatic carboxylic acids is 1. The van der Waals surface area contributed by atoms with Gasteiger partial charge in [0, 0.05) is 6.04 Å². The molecule has 0 saturated carbocycles. The first-order chi connectivity index (χ1) is 6.34. The molecule has 1 amide bonds. The SMILES string of the molecule is C=C(C(=O)O)C(C)OC(=O)NC(C)C. The number of carbonyl (C=O) groups excluding carboxylic acids is 1. The van der Waals surface area contributed by atoms with Crippen LogP contribution < -0.4 is 5.32 Å². The Morgan fingerprint density at radius 2 is 1.86 bits per heavy atom. The minimum absolute atomic E-state index is 0.0483. The van der Waals surface area contributed by atoms with Gasteiger partial charge in [-0.05, 0) is 20.8 Å². The third-order valence-electron chi connectivity index (χ3n) is 1.46. The highest BCUT2D eigenvalue weighted by Gasteiger charge is 2.17. The molecule has 2 N–H and O–H groups in total. The molecule has 0 spiro atoms. The van der Waals surface area contributed by atoms with Gasteiger partial charge in [0.15, 0.2) is 0 Å². The lowest BCUT2D eigenvalue weighted by Gasteiger charge is -2.14. The average Bonchev–Trinajstić information content (AvgIpc) is 2.00. The summed E-state index contributed by atoms with van der Waals surface area (Å²) >= 11 is 0. The minimum atomic E-state index is -1.17. The van der Waals surface area contributed by atoms with Crippen molar-refractivity contribution in [2.24, 2.45) is 0 Å². The fraction of sp³-hybridized carbons (Fsp3) is 0.556. The molecule has 0 fully saturated rings. The number of carboxylic acid groups (broad SMARTS) is 1. The van der Waals surface area contributed by atoms with Gasteiger partial charge in [0.05, 0.1) is 5.57 Å². The third-order valence-corrected chi connectivity index (χ3v) is 1.46. The minimum Gasteiger partial charge on any atom is -0.478 e. The van der Waals surface area contributed by atoms with E-state index in [-0.39, 0.29) is 11.6 Å². The first-order valence-corrected chi connectivity index (χ1v) is 4.23. The fourth-order valence-electron chi connectivity index (χ4n) is 0.675. The summed E-state index contributed by atoms with van der Waals surface area (Å²) in [6.45, 7) is 8.29. The predicted octanol–water partition coefficient (Wildman–Crippen LogP) is 1.15. The first kappa shape index (κ1) is 12.5. The van der Waals surface area contributed by atoms with Crippen LogP contribution in [-0.2, 0) is 9.53 Å². The van der Waals surface area contributed by atoms with Crippen LogP contribution >= 0.6 is 0 Å². The smallest absolute Gasteiger partial charge is 0.407 e. The summed E-state index contributed by atoms with van der Waals surface area (Å²) in [7, 11) is 0. The average molecular weight is 201 g/mol. The Kier molecular flexibility index (Phi) is 4.69. The van der Waals surface area contributed by atoms with Gasteiger partial charge in [-0.2, -0.15) is 0 Å². The van der Waals surface area contributed by atoms with Crippen LogP contribution in [-0.4, -0.2) is 29.3 Å². The predicted molar refractivity (Wildman–Crippen MR) is 51.0 cm³/mol. The molecule has 0 radical (unpaired) electrons. The van der Waals surface area contributed by atoms with Crippen LogP contribution in [0.2, 0.25) is 0 Å². The molecule has 5 heteroatoms. The summed E-state index contributed by atoms with van der Waals surface area (Å²) < 4.78 is 4.75. The molecular formula is C9H15NO4. The van der Waals surface area contributed by atoms with Gasteiger partial charge in [0.25, 0.3) is 0 Å². The topological polar surface area (TPSA) is 75.6 Å². The van der Waals surface area contributed by atoms with E-state index in [1.54, 1.807) is 13.8 Å². The second-order valence-corrected chi connectivity index (χ2v) is 3.18. The van der Waals surface area contributed by atoms with E-state index in [1.807, 2.05) is 0 Å². The summed E-state index contributed by atoms with van der Waals surface area (Å²) in [6, 6.07) is -0.0483. The summed E-state index contributed by atoms with van der Waals surface area (Å²) in [5.74, 6) is -1.17. The van der Waals surface area contributed by atoms with Crippen molar-refractivity contribution in [3.63, 3.8) is 0 Å². The maximum absolute atomic E-state index is 11.0. The number of carboxylic acids is 1. The van der Waals surface area contributed by atoms with E-state index in [2.05, 4.69) is 11.9 Å². The van der Waals surface area contributed by atoms with Crippen LogP contribution in [0.3, 0.4) is 0 Å². The van der Waals surface area contributed by atoms with Gasteiger partial charge >= 0.3 is 12.1 Å². The van der Waals surface area contributed by atoms with Gasteiger partial charge in [-0.3, -0.25) is 0 Å². The molecule has 80 valence electrons. The molecule has 0 saturated heterocycles. The molecular weight excluding hydrogens is 186 g/mol. The second kappa shape index (κ2) is 5.26. The summed E-state index contributed by atoms with van der Waals surface area (Å²) in [5, 5.41) is 11.0. The Labute approximate surface area is 82.7 Å². The number of ether oxygens (including phenoxy) is 1. The highest BCUT2D eigenvalue weighted by Crippen LogP contribution is 2.04. The van der Waals surface area contributed by atoms with Crippen molar-refractivity contribution in [1.29, 1.82) is 0 Å². The number of rotatable bonds is 4. The lowest BCUT2D eigenvalue weighted by molar-refractivity contribution is -0.133. The highest BCUT2D eigenvalue weighted by molar-refractivity contribution is 5.87. The van der Waals surface area contributed by atoms with Crippen LogP contribution in [0.1, 0.15) is 20.8 Å². The summed E-state index contributed by atoms with van der Waals surface area (Å²) in [4.78, 5) is 21.5. The van der Waals surface area contributed by atoms with Crippen molar-refractivity contribution < 1.29 is 19.4 Å². The Bertz CT molecular complexity index is 247. The number of hydrogen-bond acceptors (Lipinski definition) is 3. The summed E-state index contributed by atoms with van der Waals surface area (Å²) in [5.41, 5.74) is -0.149. The number of alkyl carbamates (subject to hydrolysis) is 1. The van der Waals surface area contributed by atoms with E-state index in [0.717, 1.165) is 0 Å². The van der Waals surface area contributed by atoms with E-state index in [1.165, 1.54) is 6.92 Å². The largest absolute Gasteiger partial charge is 0.478 e. The lowest BCUT2D eigenvalue weighted by atomic mass is 10.2. The van der Waals surface area contributed by atoms with Gasteiger partial charge in [-0.15, -0.1) is 0 Å². The van der Waals surface area contributed by atoms with E-state index < -0.39 is 18.2 Å². The van der Waals surface area contributed by atoms with Crippen molar-refractivity contribution in [1.82, 2.24) is 5.32 Å². The fourth-order valence-corrected chi connectivity index (χ4v) is 0.675. The Balaban J connectivity index is 4.06. The van der Waals surface area contributed by atoms with Crippen LogP contribution in [0.25, 0.3) is 0 Å². The number of carbonyl (C=O) groups is 2. The maximum atomic E-state index is 11.0. The Morgan fingerprint density at radius 1 is 1.36 bits per heavy atom. The number of hydrogen-bond donors (Lipinski definition) is 2. The molecule has 0 heterocycles. The maximum Gasteiger partial charge on any atom is 0.407 e. The molecule has 0 aromatic carbocycles. The van der Waals surface area contributed by atoms with E-state index in [9.17, 15) is 9.59 Å². The van der Waals surface area contributed by atoms with E-state index >= 15 is 0 Å². The van der Waals surface area contributed by atoms with Gasteiger partial charge < -0.3 is 15.2 Å². The van der Waals surface area contributed by atoms with Crippen molar-refractivity contribution >= 4 is 12.1 Å². The standard InChI is InChI=1S/C9H15NO4/c1-5(2)10-9(13)14-7(4)6(3)8(11)12/h5,7H,3H2,1-2,4H3,(H,10,13)(H,11,12). The molecule has 1 atom stereocenters. The lowest BCUT2D eigenvalue weighted by Crippen LogP contribution is -2.34. The molecule has 0 aromatic heterocycles. The quantitative estimate of drug-likeness (QED) is 0.669. The molecule has 0 bridgehead atoms. The molecule has 0 aliphatic heterocycles. The van der Waals surface area contributed by atoms with Crippen LogP contribution in [0.15, 0.2) is 12.2 Å². The Hall–Kier alpha value is -1.52. The third kappa shape index (κ3) is 4.49. The van der Waals surface area contributed by atoms with E-state index in [4.69, 9.17) is 9.84 Å². The zero-order chi connectivity index (χ0) is 11.3. The van der Waals surface area contributed by atoms with Crippen molar-refractivity contribution in [2.75, 3.05) is 0 Å². The second-order valence-electron chi connectivity index (χ2n) is 3.18. The molecule has 0 aliphatic rings. The molecule has 0 aliphatic carbocycles. The molecule has 0 rings (SSSR count). The molecule has 14 heavy (non-hydrogen) atoms. The molecule has 1 unspecified atom stereocenters. The van der Waals surface area contributed by atoms with Crippen molar-refractivity contribution in [3.8, 4) is 0 Å². The number of nitrogens with one attached hydrogen (secondary N) is 1. The van der Waals surface area contributed by atoms with Gasteiger partial charge in [0.1, 0.15) is 6.10 Å². The normalized spacial score (nSPS) is 12.0. The van der Waals surface area contributed by atoms with Gasteiger partial charge in [-0.25, -0.2) is 9.59 Å². The van der Waals surface area contributed by atoms with Gasteiger partial charge in [0.2, 0.25) is 0 Å². The first-order valence-electron chi connectivity index (χ1n) is 4.23. The highest BCUT2D eigenvalue weighted by atomic mass is 16.6. The zero-order valence-corrected chi connectivity index (χ0v) is 8.53. The van der Waals surface area contributed by atoms with E-state index in [0.29, 0.717) is 0 Å². The molecule has 0 aromatic rings. The monoisotopic (exact) mass is 201 g/mol. The van der Waals surface area contributed by atoms with Crippen LogP contribution in [0.4, 0.5) is 4.79 Å². The van der Waals surface area contributed by atoms with Gasteiger partial charge in [-0.1, -0.05) is 6.58 Å². The molecule has 5 nitrogen and oxygen atoms in total.